The first-order chi connectivity index (χ1) is 5.70. The van der Waals surface area contributed by atoms with Crippen molar-refractivity contribution in [1.82, 2.24) is 4.90 Å². The van der Waals surface area contributed by atoms with E-state index in [1.165, 1.54) is 4.90 Å². The zero-order chi connectivity index (χ0) is 8.97. The van der Waals surface area contributed by atoms with Crippen LogP contribution in [0.3, 0.4) is 0 Å². The van der Waals surface area contributed by atoms with Gasteiger partial charge in [0.2, 0.25) is 0 Å². The van der Waals surface area contributed by atoms with Gasteiger partial charge in [0.1, 0.15) is 4.32 Å². The normalized spacial score (nSPS) is 8.77. The molecule has 1 rings (SSSR count). The summed E-state index contributed by atoms with van der Waals surface area (Å²) in [5, 5.41) is 0. The summed E-state index contributed by atoms with van der Waals surface area (Å²) in [6.07, 6.45) is 0. The molecule has 0 unspecified atom stereocenters. The maximum absolute atomic E-state index is 5.15. The molecule has 66 valence electrons. The summed E-state index contributed by atoms with van der Waals surface area (Å²) in [5.74, 6) is 0. The van der Waals surface area contributed by atoms with E-state index >= 15 is 0 Å². The van der Waals surface area contributed by atoms with Gasteiger partial charge in [0, 0.05) is 46.7 Å². The van der Waals surface area contributed by atoms with Gasteiger partial charge in [-0.3, -0.25) is 0 Å². The maximum Gasteiger partial charge on any atom is 0.140 e. The Morgan fingerprint density at radius 1 is 1.23 bits per heavy atom. The molecule has 0 bridgehead atoms. The Morgan fingerprint density at radius 2 is 1.77 bits per heavy atom. The van der Waals surface area contributed by atoms with Crippen molar-refractivity contribution >= 4 is 28.3 Å². The SMILES string of the molecule is CN(C)C(=S)Sc1ccccc1.[Hg]. The first kappa shape index (κ1) is 13.4. The Bertz CT molecular complexity index is 262. The topological polar surface area (TPSA) is 3.24 Å². The molecule has 0 spiro atoms. The van der Waals surface area contributed by atoms with Gasteiger partial charge in [0.15, 0.2) is 0 Å². The molecule has 0 atom stereocenters. The van der Waals surface area contributed by atoms with Gasteiger partial charge in [-0.05, 0) is 12.1 Å². The predicted octanol–water partition coefficient (Wildman–Crippen LogP) is 2.62. The van der Waals surface area contributed by atoms with E-state index in [4.69, 9.17) is 12.2 Å². The van der Waals surface area contributed by atoms with Crippen molar-refractivity contribution in [3.05, 3.63) is 30.3 Å². The van der Waals surface area contributed by atoms with E-state index in [0.717, 1.165) is 4.32 Å². The summed E-state index contributed by atoms with van der Waals surface area (Å²) in [6.45, 7) is 0. The molecule has 0 aliphatic rings. The van der Waals surface area contributed by atoms with Crippen molar-refractivity contribution in [3.63, 3.8) is 0 Å². The molecule has 4 heteroatoms. The molecule has 0 N–H and O–H groups in total. The van der Waals surface area contributed by atoms with E-state index in [9.17, 15) is 0 Å². The number of hydrogen-bond donors (Lipinski definition) is 0. The molecule has 13 heavy (non-hydrogen) atoms. The van der Waals surface area contributed by atoms with E-state index in [1.54, 1.807) is 11.8 Å². The zero-order valence-corrected chi connectivity index (χ0v) is 15.0. The summed E-state index contributed by atoms with van der Waals surface area (Å²) >= 11 is 6.76. The van der Waals surface area contributed by atoms with Crippen LogP contribution in [-0.2, 0) is 27.7 Å². The van der Waals surface area contributed by atoms with Crippen LogP contribution in [0.1, 0.15) is 0 Å². The molecule has 0 saturated carbocycles. The molecule has 0 heterocycles. The summed E-state index contributed by atoms with van der Waals surface area (Å²) < 4.78 is 0.890. The van der Waals surface area contributed by atoms with Gasteiger partial charge in [0.25, 0.3) is 0 Å². The predicted molar refractivity (Wildman–Crippen MR) is 58.6 cm³/mol. The molecule has 1 nitrogen and oxygen atoms in total. The molecule has 0 fully saturated rings. The number of thiocarbonyl (C=S) groups is 1. The minimum absolute atomic E-state index is 0. The van der Waals surface area contributed by atoms with Crippen molar-refractivity contribution in [2.45, 2.75) is 4.90 Å². The molecular weight excluding hydrogens is 387 g/mol. The van der Waals surface area contributed by atoms with E-state index in [1.807, 2.05) is 37.2 Å². The molecule has 0 aliphatic carbocycles. The zero-order valence-electron chi connectivity index (χ0n) is 7.86. The third kappa shape index (κ3) is 4.98. The smallest absolute Gasteiger partial charge is 0.140 e. The summed E-state index contributed by atoms with van der Waals surface area (Å²) in [6, 6.07) is 10.1. The van der Waals surface area contributed by atoms with Crippen LogP contribution >= 0.6 is 24.0 Å². The average Bonchev–Trinajstić information content (AvgIpc) is 2.06. The molecular formula is C9H11HgNS2. The van der Waals surface area contributed by atoms with Crippen molar-refractivity contribution < 1.29 is 27.7 Å². The van der Waals surface area contributed by atoms with E-state index in [-0.39, 0.29) is 27.7 Å². The average molecular weight is 398 g/mol. The Labute approximate surface area is 109 Å². The van der Waals surface area contributed by atoms with Crippen LogP contribution in [0.15, 0.2) is 35.2 Å². The largest absolute Gasteiger partial charge is 0.363 e. The van der Waals surface area contributed by atoms with Crippen LogP contribution in [0.4, 0.5) is 0 Å². The minimum Gasteiger partial charge on any atom is -0.363 e. The first-order valence-corrected chi connectivity index (χ1v) is 4.87. The third-order valence-corrected chi connectivity index (χ3v) is 2.98. The molecule has 0 aromatic heterocycles. The number of benzene rings is 1. The van der Waals surface area contributed by atoms with E-state index in [0.29, 0.717) is 0 Å². The fraction of sp³-hybridized carbons (Fsp3) is 0.222. The minimum atomic E-state index is 0. The van der Waals surface area contributed by atoms with E-state index in [2.05, 4.69) is 12.1 Å². The molecule has 0 amide bonds. The van der Waals surface area contributed by atoms with Crippen LogP contribution in [0.5, 0.6) is 0 Å². The Kier molecular flexibility index (Phi) is 7.00. The van der Waals surface area contributed by atoms with Gasteiger partial charge >= 0.3 is 0 Å². The van der Waals surface area contributed by atoms with Crippen molar-refractivity contribution in [2.75, 3.05) is 14.1 Å². The summed E-state index contributed by atoms with van der Waals surface area (Å²) in [4.78, 5) is 3.13. The first-order valence-electron chi connectivity index (χ1n) is 3.64. The van der Waals surface area contributed by atoms with Crippen molar-refractivity contribution in [1.29, 1.82) is 0 Å². The molecule has 0 saturated heterocycles. The van der Waals surface area contributed by atoms with E-state index < -0.39 is 0 Å². The van der Waals surface area contributed by atoms with Crippen LogP contribution < -0.4 is 0 Å². The second-order valence-corrected chi connectivity index (χ2v) is 4.28. The molecule has 1 aromatic carbocycles. The Balaban J connectivity index is 0.00000144. The standard InChI is InChI=1S/C9H11NS2.Hg/c1-10(2)9(11)12-8-6-4-3-5-7-8;/h3-7H,1-2H3;. The second-order valence-electron chi connectivity index (χ2n) is 2.58. The van der Waals surface area contributed by atoms with Gasteiger partial charge in [-0.2, -0.15) is 0 Å². The van der Waals surface area contributed by atoms with Crippen molar-refractivity contribution in [3.8, 4) is 0 Å². The van der Waals surface area contributed by atoms with Crippen LogP contribution in [0.25, 0.3) is 0 Å². The Hall–Kier alpha value is 0.395. The van der Waals surface area contributed by atoms with Gasteiger partial charge in [-0.25, -0.2) is 0 Å². The van der Waals surface area contributed by atoms with Crippen LogP contribution in [-0.4, -0.2) is 23.3 Å². The molecule has 1 aromatic rings. The fourth-order valence-electron chi connectivity index (χ4n) is 0.681. The monoisotopic (exact) mass is 399 g/mol. The van der Waals surface area contributed by atoms with Gasteiger partial charge in [0.05, 0.1) is 0 Å². The van der Waals surface area contributed by atoms with Crippen LogP contribution in [0, 0.1) is 0 Å². The summed E-state index contributed by atoms with van der Waals surface area (Å²) in [7, 11) is 3.91. The number of thioether (sulfide) groups is 1. The van der Waals surface area contributed by atoms with Gasteiger partial charge in [-0.15, -0.1) is 0 Å². The second kappa shape index (κ2) is 6.79. The van der Waals surface area contributed by atoms with Crippen molar-refractivity contribution in [2.24, 2.45) is 0 Å². The Morgan fingerprint density at radius 3 is 2.23 bits per heavy atom. The number of hydrogen-bond acceptors (Lipinski definition) is 2. The third-order valence-electron chi connectivity index (χ3n) is 1.31. The quantitative estimate of drug-likeness (QED) is 0.407. The molecule has 0 aliphatic heterocycles. The summed E-state index contributed by atoms with van der Waals surface area (Å²) in [5.41, 5.74) is 0. The molecule has 0 radical (unpaired) electrons. The van der Waals surface area contributed by atoms with Gasteiger partial charge < -0.3 is 4.90 Å². The fourth-order valence-corrected chi connectivity index (χ4v) is 1.65. The maximum atomic E-state index is 5.15. The van der Waals surface area contributed by atoms with Crippen LogP contribution in [0.2, 0.25) is 0 Å². The number of nitrogens with zero attached hydrogens (tertiary/aromatic N) is 1. The number of rotatable bonds is 1. The van der Waals surface area contributed by atoms with Gasteiger partial charge in [-0.1, -0.05) is 42.2 Å².